The standard InChI is InChI=1S/C21H24BrNO5/c1-3-26-18-10-9-15(11-19(18)27-4-2)12-21(25)28-14-20(24)23-13-16-7-5-6-8-17(16)22/h5-11H,3-4,12-14H2,1-2H3,(H,23,24). The Morgan fingerprint density at radius 1 is 1.00 bits per heavy atom. The van der Waals surface area contributed by atoms with Gasteiger partial charge in [0.05, 0.1) is 19.6 Å². The molecule has 2 rings (SSSR count). The molecule has 2 aromatic carbocycles. The first-order chi connectivity index (χ1) is 13.5. The van der Waals surface area contributed by atoms with Crippen molar-refractivity contribution >= 4 is 27.8 Å². The van der Waals surface area contributed by atoms with Gasteiger partial charge in [0.1, 0.15) is 0 Å². The number of carbonyl (C=O) groups is 2. The normalized spacial score (nSPS) is 10.2. The van der Waals surface area contributed by atoms with Crippen LogP contribution < -0.4 is 14.8 Å². The highest BCUT2D eigenvalue weighted by molar-refractivity contribution is 9.10. The van der Waals surface area contributed by atoms with Crippen LogP contribution in [0, 0.1) is 0 Å². The van der Waals surface area contributed by atoms with E-state index in [4.69, 9.17) is 14.2 Å². The minimum absolute atomic E-state index is 0.0456. The second-order valence-corrected chi connectivity index (χ2v) is 6.71. The van der Waals surface area contributed by atoms with Crippen molar-refractivity contribution in [1.82, 2.24) is 5.32 Å². The molecule has 0 aliphatic heterocycles. The molecule has 0 radical (unpaired) electrons. The van der Waals surface area contributed by atoms with Crippen molar-refractivity contribution in [3.8, 4) is 11.5 Å². The molecule has 28 heavy (non-hydrogen) atoms. The highest BCUT2D eigenvalue weighted by Crippen LogP contribution is 2.28. The van der Waals surface area contributed by atoms with E-state index in [-0.39, 0.29) is 18.9 Å². The maximum atomic E-state index is 12.0. The van der Waals surface area contributed by atoms with Crippen molar-refractivity contribution in [2.45, 2.75) is 26.8 Å². The number of rotatable bonds is 10. The molecule has 0 aromatic heterocycles. The second-order valence-electron chi connectivity index (χ2n) is 5.85. The number of amides is 1. The number of benzene rings is 2. The molecule has 0 aliphatic rings. The lowest BCUT2D eigenvalue weighted by Crippen LogP contribution is -2.28. The van der Waals surface area contributed by atoms with Crippen molar-refractivity contribution in [2.75, 3.05) is 19.8 Å². The molecule has 0 heterocycles. The molecule has 6 nitrogen and oxygen atoms in total. The van der Waals surface area contributed by atoms with Gasteiger partial charge in [-0.05, 0) is 43.2 Å². The highest BCUT2D eigenvalue weighted by Gasteiger charge is 2.12. The lowest BCUT2D eigenvalue weighted by atomic mass is 10.1. The Balaban J connectivity index is 1.82. The van der Waals surface area contributed by atoms with Crippen LogP contribution in [0.15, 0.2) is 46.9 Å². The van der Waals surface area contributed by atoms with E-state index in [1.54, 1.807) is 18.2 Å². The zero-order valence-corrected chi connectivity index (χ0v) is 17.6. The summed E-state index contributed by atoms with van der Waals surface area (Å²) < 4.78 is 17.0. The average Bonchev–Trinajstić information content (AvgIpc) is 2.68. The Morgan fingerprint density at radius 3 is 2.43 bits per heavy atom. The van der Waals surface area contributed by atoms with Gasteiger partial charge in [-0.1, -0.05) is 40.2 Å². The van der Waals surface area contributed by atoms with Gasteiger partial charge in [-0.15, -0.1) is 0 Å². The zero-order chi connectivity index (χ0) is 20.4. The van der Waals surface area contributed by atoms with Crippen molar-refractivity contribution < 1.29 is 23.8 Å². The maximum Gasteiger partial charge on any atom is 0.310 e. The molecule has 150 valence electrons. The molecule has 0 saturated carbocycles. The van der Waals surface area contributed by atoms with Gasteiger partial charge in [0.2, 0.25) is 0 Å². The van der Waals surface area contributed by atoms with E-state index in [1.807, 2.05) is 38.1 Å². The van der Waals surface area contributed by atoms with Gasteiger partial charge in [-0.3, -0.25) is 9.59 Å². The van der Waals surface area contributed by atoms with Gasteiger partial charge in [0, 0.05) is 11.0 Å². The Kier molecular flexibility index (Phi) is 8.81. The monoisotopic (exact) mass is 449 g/mol. The van der Waals surface area contributed by atoms with Crippen LogP contribution >= 0.6 is 15.9 Å². The third kappa shape index (κ3) is 6.88. The highest BCUT2D eigenvalue weighted by atomic mass is 79.9. The summed E-state index contributed by atoms with van der Waals surface area (Å²) >= 11 is 3.42. The number of hydrogen-bond donors (Lipinski definition) is 1. The van der Waals surface area contributed by atoms with Crippen LogP contribution in [0.25, 0.3) is 0 Å². The Bertz CT molecular complexity index is 809. The van der Waals surface area contributed by atoms with Crippen LogP contribution in [0.4, 0.5) is 0 Å². The average molecular weight is 450 g/mol. The zero-order valence-electron chi connectivity index (χ0n) is 16.0. The maximum absolute atomic E-state index is 12.0. The molecule has 0 atom stereocenters. The smallest absolute Gasteiger partial charge is 0.310 e. The molecule has 7 heteroatoms. The minimum atomic E-state index is -0.484. The summed E-state index contributed by atoms with van der Waals surface area (Å²) in [6.45, 7) is 4.82. The SMILES string of the molecule is CCOc1ccc(CC(=O)OCC(=O)NCc2ccccc2Br)cc1OCC. The Morgan fingerprint density at radius 2 is 1.71 bits per heavy atom. The van der Waals surface area contributed by atoms with Crippen molar-refractivity contribution in [1.29, 1.82) is 0 Å². The predicted octanol–water partition coefficient (Wildman–Crippen LogP) is 3.65. The van der Waals surface area contributed by atoms with E-state index in [9.17, 15) is 9.59 Å². The first-order valence-corrected chi connectivity index (χ1v) is 9.87. The van der Waals surface area contributed by atoms with Crippen molar-refractivity contribution in [3.05, 3.63) is 58.1 Å². The lowest BCUT2D eigenvalue weighted by Gasteiger charge is -2.12. The van der Waals surface area contributed by atoms with Gasteiger partial charge in [0.15, 0.2) is 18.1 Å². The van der Waals surface area contributed by atoms with Crippen LogP contribution in [0.2, 0.25) is 0 Å². The molecule has 0 unspecified atom stereocenters. The summed E-state index contributed by atoms with van der Waals surface area (Å²) in [6, 6.07) is 12.9. The predicted molar refractivity (Wildman–Crippen MR) is 109 cm³/mol. The van der Waals surface area contributed by atoms with Gasteiger partial charge in [0.25, 0.3) is 5.91 Å². The van der Waals surface area contributed by atoms with Crippen molar-refractivity contribution in [3.63, 3.8) is 0 Å². The van der Waals surface area contributed by atoms with E-state index >= 15 is 0 Å². The summed E-state index contributed by atoms with van der Waals surface area (Å²) in [5.74, 6) is 0.377. The quantitative estimate of drug-likeness (QED) is 0.560. The molecule has 1 N–H and O–H groups in total. The number of halogens is 1. The second kappa shape index (κ2) is 11.3. The topological polar surface area (TPSA) is 73.9 Å². The van der Waals surface area contributed by atoms with Gasteiger partial charge in [-0.25, -0.2) is 0 Å². The molecular formula is C21H24BrNO5. The fourth-order valence-electron chi connectivity index (χ4n) is 2.46. The minimum Gasteiger partial charge on any atom is -0.490 e. The third-order valence-corrected chi connectivity index (χ3v) is 4.53. The van der Waals surface area contributed by atoms with Crippen LogP contribution in [-0.2, 0) is 27.3 Å². The summed E-state index contributed by atoms with van der Waals surface area (Å²) in [6.07, 6.45) is 0.0456. The van der Waals surface area contributed by atoms with E-state index in [1.165, 1.54) is 0 Å². The van der Waals surface area contributed by atoms with Gasteiger partial charge < -0.3 is 19.5 Å². The largest absolute Gasteiger partial charge is 0.490 e. The summed E-state index contributed by atoms with van der Waals surface area (Å²) in [5, 5.41) is 2.72. The molecular weight excluding hydrogens is 426 g/mol. The molecule has 2 aromatic rings. The number of hydrogen-bond acceptors (Lipinski definition) is 5. The number of nitrogens with one attached hydrogen (secondary N) is 1. The van der Waals surface area contributed by atoms with E-state index in [2.05, 4.69) is 21.2 Å². The summed E-state index contributed by atoms with van der Waals surface area (Å²) in [5.41, 5.74) is 1.67. The number of esters is 1. The molecule has 0 fully saturated rings. The van der Waals surface area contributed by atoms with E-state index in [0.29, 0.717) is 31.3 Å². The molecule has 0 aliphatic carbocycles. The fourth-order valence-corrected chi connectivity index (χ4v) is 2.88. The van der Waals surface area contributed by atoms with Crippen LogP contribution in [-0.4, -0.2) is 31.7 Å². The van der Waals surface area contributed by atoms with E-state index < -0.39 is 5.97 Å². The molecule has 0 spiro atoms. The first-order valence-electron chi connectivity index (χ1n) is 9.07. The third-order valence-electron chi connectivity index (χ3n) is 3.75. The number of carbonyl (C=O) groups excluding carboxylic acids is 2. The van der Waals surface area contributed by atoms with Crippen molar-refractivity contribution in [2.24, 2.45) is 0 Å². The summed E-state index contributed by atoms with van der Waals surface area (Å²) in [7, 11) is 0. The van der Waals surface area contributed by atoms with Crippen LogP contribution in [0.1, 0.15) is 25.0 Å². The Hall–Kier alpha value is -2.54. The first kappa shape index (κ1) is 21.8. The molecule has 0 saturated heterocycles. The van der Waals surface area contributed by atoms with Gasteiger partial charge >= 0.3 is 5.97 Å². The number of ether oxygens (including phenoxy) is 3. The van der Waals surface area contributed by atoms with Gasteiger partial charge in [-0.2, -0.15) is 0 Å². The fraction of sp³-hybridized carbons (Fsp3) is 0.333. The summed E-state index contributed by atoms with van der Waals surface area (Å²) in [4.78, 5) is 23.9. The molecule has 1 amide bonds. The van der Waals surface area contributed by atoms with Crippen LogP contribution in [0.5, 0.6) is 11.5 Å². The molecule has 0 bridgehead atoms. The lowest BCUT2D eigenvalue weighted by molar-refractivity contribution is -0.147. The van der Waals surface area contributed by atoms with E-state index in [0.717, 1.165) is 15.6 Å². The van der Waals surface area contributed by atoms with Crippen LogP contribution in [0.3, 0.4) is 0 Å². The Labute approximate surface area is 173 Å².